The summed E-state index contributed by atoms with van der Waals surface area (Å²) in [6.45, 7) is 0. The number of rotatable bonds is 5. The van der Waals surface area contributed by atoms with Crippen molar-refractivity contribution in [1.29, 1.82) is 0 Å². The number of benzene rings is 2. The maximum Gasteiger partial charge on any atom is 0.271 e. The molecule has 2 aromatic carbocycles. The van der Waals surface area contributed by atoms with Gasteiger partial charge in [-0.05, 0) is 18.2 Å². The first kappa shape index (κ1) is 14.5. The number of fused-ring (bicyclic) bond motifs is 1. The highest BCUT2D eigenvalue weighted by molar-refractivity contribution is 6.04. The zero-order chi connectivity index (χ0) is 16.2. The second kappa shape index (κ2) is 6.15. The quantitative estimate of drug-likeness (QED) is 0.331. The third-order valence-electron chi connectivity index (χ3n) is 3.21. The molecule has 0 saturated heterocycles. The number of allylic oxidation sites excluding steroid dienone is 1. The van der Waals surface area contributed by atoms with Gasteiger partial charge in [-0.1, -0.05) is 24.3 Å². The van der Waals surface area contributed by atoms with Crippen molar-refractivity contribution in [3.05, 3.63) is 82.7 Å². The van der Waals surface area contributed by atoms with E-state index in [9.17, 15) is 14.9 Å². The van der Waals surface area contributed by atoms with E-state index in [4.69, 9.17) is 4.42 Å². The predicted molar refractivity (Wildman–Crippen MR) is 86.4 cm³/mol. The Morgan fingerprint density at radius 1 is 1.13 bits per heavy atom. The summed E-state index contributed by atoms with van der Waals surface area (Å²) < 4.78 is 5.47. The normalized spacial score (nSPS) is 11.0. The molecule has 0 aliphatic heterocycles. The first-order valence-electron chi connectivity index (χ1n) is 6.84. The first-order valence-corrected chi connectivity index (χ1v) is 6.84. The van der Waals surface area contributed by atoms with Crippen molar-refractivity contribution < 1.29 is 14.1 Å². The van der Waals surface area contributed by atoms with Crippen molar-refractivity contribution in [1.82, 2.24) is 0 Å². The van der Waals surface area contributed by atoms with Crippen LogP contribution < -0.4 is 5.32 Å². The molecule has 0 fully saturated rings. The minimum Gasteiger partial charge on any atom is -0.453 e. The molecular weight excluding hydrogens is 296 g/mol. The fourth-order valence-corrected chi connectivity index (χ4v) is 2.11. The van der Waals surface area contributed by atoms with Gasteiger partial charge in [0.15, 0.2) is 5.76 Å². The summed E-state index contributed by atoms with van der Waals surface area (Å²) in [6.07, 6.45) is 2.74. The van der Waals surface area contributed by atoms with Gasteiger partial charge in [-0.2, -0.15) is 0 Å². The molecule has 0 unspecified atom stereocenters. The Kier molecular flexibility index (Phi) is 3.88. The third-order valence-corrected chi connectivity index (χ3v) is 3.21. The molecule has 0 amide bonds. The van der Waals surface area contributed by atoms with Crippen LogP contribution in [0.3, 0.4) is 0 Å². The monoisotopic (exact) mass is 308 g/mol. The number of para-hydroxylation sites is 1. The van der Waals surface area contributed by atoms with Crippen LogP contribution in [0.4, 0.5) is 11.4 Å². The van der Waals surface area contributed by atoms with Crippen LogP contribution in [0.2, 0.25) is 0 Å². The fourth-order valence-electron chi connectivity index (χ4n) is 2.11. The van der Waals surface area contributed by atoms with Crippen LogP contribution >= 0.6 is 0 Å². The first-order chi connectivity index (χ1) is 11.1. The van der Waals surface area contributed by atoms with Crippen LogP contribution in [-0.2, 0) is 0 Å². The van der Waals surface area contributed by atoms with E-state index < -0.39 is 4.92 Å². The number of hydrogen-bond donors (Lipinski definition) is 1. The van der Waals surface area contributed by atoms with Crippen molar-refractivity contribution in [2.75, 3.05) is 5.32 Å². The van der Waals surface area contributed by atoms with Crippen LogP contribution in [0.1, 0.15) is 10.6 Å². The van der Waals surface area contributed by atoms with Crippen molar-refractivity contribution in [2.45, 2.75) is 0 Å². The average Bonchev–Trinajstić information content (AvgIpc) is 2.99. The molecule has 1 heterocycles. The van der Waals surface area contributed by atoms with Gasteiger partial charge in [0.2, 0.25) is 5.78 Å². The van der Waals surface area contributed by atoms with E-state index in [1.54, 1.807) is 24.3 Å². The van der Waals surface area contributed by atoms with Gasteiger partial charge >= 0.3 is 0 Å². The van der Waals surface area contributed by atoms with Crippen molar-refractivity contribution in [3.63, 3.8) is 0 Å². The third kappa shape index (κ3) is 3.26. The lowest BCUT2D eigenvalue weighted by molar-refractivity contribution is -0.384. The van der Waals surface area contributed by atoms with E-state index in [1.807, 2.05) is 18.2 Å². The molecule has 3 rings (SSSR count). The zero-order valence-corrected chi connectivity index (χ0v) is 11.9. The van der Waals surface area contributed by atoms with Crippen LogP contribution in [-0.4, -0.2) is 10.7 Å². The van der Waals surface area contributed by atoms with E-state index in [0.29, 0.717) is 11.3 Å². The summed E-state index contributed by atoms with van der Waals surface area (Å²) >= 11 is 0. The Balaban J connectivity index is 1.71. The number of carbonyl (C=O) groups is 1. The SMILES string of the molecule is O=C(/C=C/Nc1cccc([N+](=O)[O-])c1)c1cc2ccccc2o1. The Hall–Kier alpha value is -3.41. The van der Waals surface area contributed by atoms with Crippen molar-refractivity contribution in [2.24, 2.45) is 0 Å². The van der Waals surface area contributed by atoms with Crippen molar-refractivity contribution in [3.8, 4) is 0 Å². The molecule has 0 bridgehead atoms. The lowest BCUT2D eigenvalue weighted by Gasteiger charge is -1.99. The topological polar surface area (TPSA) is 85.4 Å². The molecule has 6 nitrogen and oxygen atoms in total. The minimum absolute atomic E-state index is 0.0213. The molecule has 3 aromatic rings. The molecule has 6 heteroatoms. The Morgan fingerprint density at radius 3 is 2.74 bits per heavy atom. The highest BCUT2D eigenvalue weighted by Crippen LogP contribution is 2.20. The molecule has 0 atom stereocenters. The Labute approximate surface area is 131 Å². The number of nitro benzene ring substituents is 1. The molecule has 0 saturated carbocycles. The van der Waals surface area contributed by atoms with Crippen LogP contribution in [0, 0.1) is 10.1 Å². The predicted octanol–water partition coefficient (Wildman–Crippen LogP) is 4.15. The lowest BCUT2D eigenvalue weighted by atomic mass is 10.2. The van der Waals surface area contributed by atoms with Gasteiger partial charge in [0.1, 0.15) is 5.58 Å². The number of hydrogen-bond acceptors (Lipinski definition) is 5. The number of non-ortho nitro benzene ring substituents is 1. The summed E-state index contributed by atoms with van der Waals surface area (Å²) in [5, 5.41) is 14.4. The number of ketones is 1. The highest BCUT2D eigenvalue weighted by atomic mass is 16.6. The maximum absolute atomic E-state index is 12.1. The fraction of sp³-hybridized carbons (Fsp3) is 0. The van der Waals surface area contributed by atoms with E-state index in [0.717, 1.165) is 5.39 Å². The zero-order valence-electron chi connectivity index (χ0n) is 11.9. The summed E-state index contributed by atoms with van der Waals surface area (Å²) in [7, 11) is 0. The maximum atomic E-state index is 12.1. The standard InChI is InChI=1S/C17H12N2O4/c20-15(17-10-12-4-1-2-7-16(12)23-17)8-9-18-13-5-3-6-14(11-13)19(21)22/h1-11,18H/b9-8+. The smallest absolute Gasteiger partial charge is 0.271 e. The van der Waals surface area contributed by atoms with Gasteiger partial charge in [0.05, 0.1) is 4.92 Å². The van der Waals surface area contributed by atoms with E-state index >= 15 is 0 Å². The summed E-state index contributed by atoms with van der Waals surface area (Å²) in [6, 6.07) is 15.0. The van der Waals surface area contributed by atoms with Gasteiger partial charge in [-0.25, -0.2) is 0 Å². The van der Waals surface area contributed by atoms with Gasteiger partial charge < -0.3 is 9.73 Å². The van der Waals surface area contributed by atoms with Gasteiger partial charge in [-0.15, -0.1) is 0 Å². The Bertz CT molecular complexity index is 879. The van der Waals surface area contributed by atoms with Crippen LogP contribution in [0.5, 0.6) is 0 Å². The molecule has 114 valence electrons. The minimum atomic E-state index is -0.478. The molecular formula is C17H12N2O4. The molecule has 1 aromatic heterocycles. The number of furan rings is 1. The molecule has 0 spiro atoms. The number of nitrogens with one attached hydrogen (secondary N) is 1. The average molecular weight is 308 g/mol. The summed E-state index contributed by atoms with van der Waals surface area (Å²) in [5.41, 5.74) is 1.15. The van der Waals surface area contributed by atoms with Crippen LogP contribution in [0.15, 0.2) is 71.3 Å². The van der Waals surface area contributed by atoms with Gasteiger partial charge in [0, 0.05) is 35.5 Å². The number of anilines is 1. The second-order valence-electron chi connectivity index (χ2n) is 4.80. The molecule has 0 radical (unpaired) electrons. The lowest BCUT2D eigenvalue weighted by Crippen LogP contribution is -1.95. The van der Waals surface area contributed by atoms with Gasteiger partial charge in [-0.3, -0.25) is 14.9 Å². The Morgan fingerprint density at radius 2 is 1.96 bits per heavy atom. The second-order valence-corrected chi connectivity index (χ2v) is 4.80. The van der Waals surface area contributed by atoms with Crippen LogP contribution in [0.25, 0.3) is 11.0 Å². The van der Waals surface area contributed by atoms with Crippen molar-refractivity contribution >= 4 is 28.1 Å². The molecule has 23 heavy (non-hydrogen) atoms. The number of carbonyl (C=O) groups excluding carboxylic acids is 1. The highest BCUT2D eigenvalue weighted by Gasteiger charge is 2.09. The summed E-state index contributed by atoms with van der Waals surface area (Å²) in [4.78, 5) is 22.3. The van der Waals surface area contributed by atoms with E-state index in [-0.39, 0.29) is 17.2 Å². The molecule has 0 aliphatic carbocycles. The van der Waals surface area contributed by atoms with E-state index in [2.05, 4.69) is 5.32 Å². The number of nitrogens with zero attached hydrogens (tertiary/aromatic N) is 1. The molecule has 0 aliphatic rings. The largest absolute Gasteiger partial charge is 0.453 e. The summed E-state index contributed by atoms with van der Waals surface area (Å²) in [5.74, 6) is -0.0533. The van der Waals surface area contributed by atoms with Gasteiger partial charge in [0.25, 0.3) is 5.69 Å². The molecule has 1 N–H and O–H groups in total. The number of nitro groups is 1. The van der Waals surface area contributed by atoms with E-state index in [1.165, 1.54) is 24.4 Å².